The molecule has 0 saturated carbocycles. The minimum Gasteiger partial charge on any atom is -0.479 e. The number of hydrogen-bond donors (Lipinski definition) is 1. The van der Waals surface area contributed by atoms with Crippen molar-refractivity contribution in [1.82, 2.24) is 9.78 Å². The zero-order valence-corrected chi connectivity index (χ0v) is 8.77. The van der Waals surface area contributed by atoms with E-state index in [9.17, 15) is 0 Å². The van der Waals surface area contributed by atoms with E-state index in [0.29, 0.717) is 11.7 Å². The Bertz CT molecular complexity index is 462. The fraction of sp³-hybridized carbons (Fsp3) is 0.182. The Morgan fingerprint density at radius 3 is 2.53 bits per heavy atom. The molecule has 0 fully saturated rings. The number of nitrogens with two attached hydrogens (primary N) is 1. The molecule has 0 aliphatic heterocycles. The van der Waals surface area contributed by atoms with Gasteiger partial charge in [0.1, 0.15) is 5.82 Å². The third kappa shape index (κ3) is 1.54. The number of aryl methyl sites for hydroxylation is 1. The molecule has 0 spiro atoms. The fourth-order valence-electron chi connectivity index (χ4n) is 1.53. The van der Waals surface area contributed by atoms with E-state index in [2.05, 4.69) is 5.10 Å². The molecule has 0 amide bonds. The average molecular weight is 203 g/mol. The van der Waals surface area contributed by atoms with Crippen molar-refractivity contribution < 1.29 is 4.74 Å². The van der Waals surface area contributed by atoms with Crippen molar-refractivity contribution in [2.24, 2.45) is 7.05 Å². The van der Waals surface area contributed by atoms with Crippen molar-refractivity contribution in [2.75, 3.05) is 12.8 Å². The van der Waals surface area contributed by atoms with Crippen molar-refractivity contribution in [2.45, 2.75) is 0 Å². The van der Waals surface area contributed by atoms with Crippen LogP contribution in [0.3, 0.4) is 0 Å². The van der Waals surface area contributed by atoms with Crippen molar-refractivity contribution in [3.63, 3.8) is 0 Å². The highest BCUT2D eigenvalue weighted by Gasteiger charge is 2.15. The second-order valence-electron chi connectivity index (χ2n) is 3.26. The summed E-state index contributed by atoms with van der Waals surface area (Å²) in [5.41, 5.74) is 7.79. The van der Waals surface area contributed by atoms with E-state index in [4.69, 9.17) is 10.5 Å². The lowest BCUT2D eigenvalue weighted by Crippen LogP contribution is -1.97. The first kappa shape index (κ1) is 9.58. The zero-order valence-electron chi connectivity index (χ0n) is 8.77. The summed E-state index contributed by atoms with van der Waals surface area (Å²) >= 11 is 0. The zero-order chi connectivity index (χ0) is 10.8. The van der Waals surface area contributed by atoms with E-state index in [1.165, 1.54) is 0 Å². The number of nitrogens with zero attached hydrogens (tertiary/aromatic N) is 2. The molecule has 2 N–H and O–H groups in total. The van der Waals surface area contributed by atoms with Gasteiger partial charge in [-0.05, 0) is 5.56 Å². The van der Waals surface area contributed by atoms with Crippen LogP contribution in [-0.2, 0) is 7.05 Å². The highest BCUT2D eigenvalue weighted by Crippen LogP contribution is 2.33. The molecule has 4 nitrogen and oxygen atoms in total. The Hall–Kier alpha value is -1.97. The van der Waals surface area contributed by atoms with Gasteiger partial charge in [0.25, 0.3) is 0 Å². The van der Waals surface area contributed by atoms with Crippen molar-refractivity contribution in [3.05, 3.63) is 30.3 Å². The predicted molar refractivity (Wildman–Crippen MR) is 59.6 cm³/mol. The standard InChI is InChI=1S/C11H13N3O/c1-14-10(12)9(11(13-14)15-2)8-6-4-3-5-7-8/h3-7H,12H2,1-2H3. The van der Waals surface area contributed by atoms with Gasteiger partial charge in [-0.25, -0.2) is 4.68 Å². The average Bonchev–Trinajstić information content (AvgIpc) is 2.56. The molecule has 2 aromatic rings. The van der Waals surface area contributed by atoms with Gasteiger partial charge < -0.3 is 10.5 Å². The predicted octanol–water partition coefficient (Wildman–Crippen LogP) is 1.68. The lowest BCUT2D eigenvalue weighted by Gasteiger charge is -2.01. The smallest absolute Gasteiger partial charge is 0.242 e. The van der Waals surface area contributed by atoms with E-state index in [1.807, 2.05) is 30.3 Å². The topological polar surface area (TPSA) is 53.1 Å². The van der Waals surface area contributed by atoms with Gasteiger partial charge in [-0.15, -0.1) is 5.10 Å². The summed E-state index contributed by atoms with van der Waals surface area (Å²) in [4.78, 5) is 0. The number of ether oxygens (including phenoxy) is 1. The molecule has 15 heavy (non-hydrogen) atoms. The summed E-state index contributed by atoms with van der Waals surface area (Å²) in [6.45, 7) is 0. The van der Waals surface area contributed by atoms with Gasteiger partial charge in [0, 0.05) is 7.05 Å². The summed E-state index contributed by atoms with van der Waals surface area (Å²) in [6.07, 6.45) is 0. The van der Waals surface area contributed by atoms with E-state index in [0.717, 1.165) is 11.1 Å². The van der Waals surface area contributed by atoms with Gasteiger partial charge in [-0.2, -0.15) is 0 Å². The number of benzene rings is 1. The van der Waals surface area contributed by atoms with Crippen LogP contribution in [0.1, 0.15) is 0 Å². The Kier molecular flexibility index (Phi) is 2.33. The number of nitrogen functional groups attached to an aromatic ring is 1. The van der Waals surface area contributed by atoms with Crippen LogP contribution in [0.25, 0.3) is 11.1 Å². The molecule has 0 bridgehead atoms. The second-order valence-corrected chi connectivity index (χ2v) is 3.26. The highest BCUT2D eigenvalue weighted by atomic mass is 16.5. The molecule has 4 heteroatoms. The maximum atomic E-state index is 5.93. The van der Waals surface area contributed by atoms with Crippen LogP contribution in [0, 0.1) is 0 Å². The number of anilines is 1. The van der Waals surface area contributed by atoms with E-state index in [1.54, 1.807) is 18.8 Å². The second kappa shape index (κ2) is 3.65. The molecule has 0 saturated heterocycles. The quantitative estimate of drug-likeness (QED) is 0.807. The maximum Gasteiger partial charge on any atom is 0.242 e. The lowest BCUT2D eigenvalue weighted by molar-refractivity contribution is 0.393. The van der Waals surface area contributed by atoms with Crippen LogP contribution >= 0.6 is 0 Å². The summed E-state index contributed by atoms with van der Waals surface area (Å²) in [7, 11) is 3.39. The van der Waals surface area contributed by atoms with Gasteiger partial charge >= 0.3 is 0 Å². The van der Waals surface area contributed by atoms with Gasteiger partial charge in [-0.1, -0.05) is 30.3 Å². The minimum absolute atomic E-state index is 0.557. The van der Waals surface area contributed by atoms with E-state index in [-0.39, 0.29) is 0 Å². The molecule has 0 aliphatic carbocycles. The minimum atomic E-state index is 0.557. The summed E-state index contributed by atoms with van der Waals surface area (Å²) in [5, 5.41) is 4.17. The number of hydrogen-bond acceptors (Lipinski definition) is 3. The molecule has 0 atom stereocenters. The van der Waals surface area contributed by atoms with Crippen molar-refractivity contribution in [3.8, 4) is 17.0 Å². The molecule has 1 aromatic carbocycles. The molecular weight excluding hydrogens is 190 g/mol. The van der Waals surface area contributed by atoms with Gasteiger partial charge in [0.15, 0.2) is 0 Å². The monoisotopic (exact) mass is 203 g/mol. The van der Waals surface area contributed by atoms with Crippen LogP contribution in [-0.4, -0.2) is 16.9 Å². The molecule has 78 valence electrons. The highest BCUT2D eigenvalue weighted by molar-refractivity contribution is 5.78. The molecule has 0 radical (unpaired) electrons. The molecule has 2 rings (SSSR count). The first-order chi connectivity index (χ1) is 7.24. The lowest BCUT2D eigenvalue weighted by atomic mass is 10.1. The number of aromatic nitrogens is 2. The summed E-state index contributed by atoms with van der Waals surface area (Å²) in [5.74, 6) is 1.17. The first-order valence-corrected chi connectivity index (χ1v) is 4.66. The third-order valence-corrected chi connectivity index (χ3v) is 2.32. The Labute approximate surface area is 88.3 Å². The maximum absolute atomic E-state index is 5.93. The first-order valence-electron chi connectivity index (χ1n) is 4.66. The molecule has 1 aromatic heterocycles. The number of methoxy groups -OCH3 is 1. The van der Waals surface area contributed by atoms with Gasteiger partial charge in [0.2, 0.25) is 5.88 Å². The van der Waals surface area contributed by atoms with Crippen molar-refractivity contribution in [1.29, 1.82) is 0 Å². The van der Waals surface area contributed by atoms with E-state index >= 15 is 0 Å². The number of rotatable bonds is 2. The van der Waals surface area contributed by atoms with Crippen LogP contribution < -0.4 is 10.5 Å². The molecule has 0 unspecified atom stereocenters. The third-order valence-electron chi connectivity index (χ3n) is 2.32. The Balaban J connectivity index is 2.61. The van der Waals surface area contributed by atoms with Crippen LogP contribution in [0.15, 0.2) is 30.3 Å². The Morgan fingerprint density at radius 1 is 1.27 bits per heavy atom. The SMILES string of the molecule is COc1nn(C)c(N)c1-c1ccccc1. The van der Waals surface area contributed by atoms with Crippen LogP contribution in [0.2, 0.25) is 0 Å². The summed E-state index contributed by atoms with van der Waals surface area (Å²) < 4.78 is 6.80. The molecule has 1 heterocycles. The van der Waals surface area contributed by atoms with Gasteiger partial charge in [0.05, 0.1) is 12.7 Å². The normalized spacial score (nSPS) is 10.3. The fourth-order valence-corrected chi connectivity index (χ4v) is 1.53. The Morgan fingerprint density at radius 2 is 1.93 bits per heavy atom. The van der Waals surface area contributed by atoms with E-state index < -0.39 is 0 Å². The van der Waals surface area contributed by atoms with Crippen LogP contribution in [0.4, 0.5) is 5.82 Å². The molecule has 0 aliphatic rings. The summed E-state index contributed by atoms with van der Waals surface area (Å²) in [6, 6.07) is 9.84. The van der Waals surface area contributed by atoms with Crippen molar-refractivity contribution >= 4 is 5.82 Å². The molecular formula is C11H13N3O. The largest absolute Gasteiger partial charge is 0.479 e. The van der Waals surface area contributed by atoms with Gasteiger partial charge in [-0.3, -0.25) is 0 Å². The van der Waals surface area contributed by atoms with Crippen LogP contribution in [0.5, 0.6) is 5.88 Å².